The van der Waals surface area contributed by atoms with Crippen molar-refractivity contribution in [3.63, 3.8) is 0 Å². The molecule has 1 atom stereocenters. The van der Waals surface area contributed by atoms with E-state index >= 15 is 0 Å². The third-order valence-electron chi connectivity index (χ3n) is 4.68. The van der Waals surface area contributed by atoms with Gasteiger partial charge in [0.2, 0.25) is 11.8 Å². The lowest BCUT2D eigenvalue weighted by molar-refractivity contribution is -0.139. The molecule has 0 spiro atoms. The van der Waals surface area contributed by atoms with Crippen molar-refractivity contribution in [2.75, 3.05) is 5.75 Å². The summed E-state index contributed by atoms with van der Waals surface area (Å²) >= 11 is 1.58. The Hall–Kier alpha value is -2.27. The Balaban J connectivity index is 2.10. The molecule has 0 fully saturated rings. The molecule has 2 amide bonds. The number of hydrogen-bond donors (Lipinski definition) is 1. The van der Waals surface area contributed by atoms with Crippen LogP contribution in [0.4, 0.5) is 0 Å². The van der Waals surface area contributed by atoms with Crippen molar-refractivity contribution >= 4 is 23.6 Å². The number of carbonyl (C=O) groups excluding carboxylic acids is 2. The van der Waals surface area contributed by atoms with E-state index < -0.39 is 6.04 Å². The van der Waals surface area contributed by atoms with Gasteiger partial charge in [0.25, 0.3) is 0 Å². The average molecular weight is 427 g/mol. The van der Waals surface area contributed by atoms with Gasteiger partial charge in [-0.15, -0.1) is 11.8 Å². The monoisotopic (exact) mass is 426 g/mol. The van der Waals surface area contributed by atoms with Gasteiger partial charge >= 0.3 is 0 Å². The van der Waals surface area contributed by atoms with Gasteiger partial charge in [-0.3, -0.25) is 9.59 Å². The van der Waals surface area contributed by atoms with E-state index in [4.69, 9.17) is 0 Å². The van der Waals surface area contributed by atoms with E-state index in [-0.39, 0.29) is 17.4 Å². The molecule has 2 rings (SSSR count). The van der Waals surface area contributed by atoms with Crippen LogP contribution in [-0.4, -0.2) is 34.0 Å². The van der Waals surface area contributed by atoms with Gasteiger partial charge in [-0.1, -0.05) is 59.7 Å². The molecule has 0 radical (unpaired) electrons. The van der Waals surface area contributed by atoms with Crippen LogP contribution in [0.1, 0.15) is 49.9 Å². The lowest BCUT2D eigenvalue weighted by atomic mass is 10.1. The minimum atomic E-state index is -0.545. The predicted molar refractivity (Wildman–Crippen MR) is 126 cm³/mol. The highest BCUT2D eigenvalue weighted by molar-refractivity contribution is 7.99. The van der Waals surface area contributed by atoms with Crippen LogP contribution in [0.5, 0.6) is 0 Å². The van der Waals surface area contributed by atoms with Gasteiger partial charge in [-0.05, 0) is 52.7 Å². The lowest BCUT2D eigenvalue weighted by Gasteiger charge is -2.31. The molecular formula is C25H34N2O2S. The normalized spacial score (nSPS) is 12.3. The maximum atomic E-state index is 13.1. The Kier molecular flexibility index (Phi) is 8.54. The Bertz CT molecular complexity index is 873. The third-order valence-corrected chi connectivity index (χ3v) is 5.67. The Morgan fingerprint density at radius 3 is 2.13 bits per heavy atom. The summed E-state index contributed by atoms with van der Waals surface area (Å²) in [4.78, 5) is 27.6. The average Bonchev–Trinajstić information content (AvgIpc) is 2.64. The number of amides is 2. The van der Waals surface area contributed by atoms with Crippen molar-refractivity contribution in [1.29, 1.82) is 0 Å². The number of rotatable bonds is 8. The molecule has 0 aliphatic carbocycles. The van der Waals surface area contributed by atoms with Crippen molar-refractivity contribution in [3.8, 4) is 0 Å². The van der Waals surface area contributed by atoms with Gasteiger partial charge in [0.05, 0.1) is 5.75 Å². The van der Waals surface area contributed by atoms with Crippen LogP contribution < -0.4 is 5.32 Å². The zero-order valence-electron chi connectivity index (χ0n) is 19.0. The Labute approximate surface area is 185 Å². The first-order valence-electron chi connectivity index (χ1n) is 10.4. The SMILES string of the molecule is Cc1cccc(CSCC(=O)N(Cc2cccc(C)c2)[C@H](C)C(=O)NC(C)(C)C)c1. The van der Waals surface area contributed by atoms with Crippen molar-refractivity contribution in [3.05, 3.63) is 70.8 Å². The van der Waals surface area contributed by atoms with E-state index in [1.807, 2.05) is 52.0 Å². The van der Waals surface area contributed by atoms with E-state index in [0.717, 1.165) is 16.9 Å². The molecular weight excluding hydrogens is 392 g/mol. The van der Waals surface area contributed by atoms with E-state index in [2.05, 4.69) is 36.5 Å². The Morgan fingerprint density at radius 2 is 1.57 bits per heavy atom. The molecule has 0 aliphatic rings. The highest BCUT2D eigenvalue weighted by atomic mass is 32.2. The second-order valence-electron chi connectivity index (χ2n) is 8.91. The number of nitrogens with zero attached hydrogens (tertiary/aromatic N) is 1. The second kappa shape index (κ2) is 10.7. The zero-order valence-corrected chi connectivity index (χ0v) is 19.8. The first-order chi connectivity index (χ1) is 14.0. The van der Waals surface area contributed by atoms with Crippen molar-refractivity contribution in [1.82, 2.24) is 10.2 Å². The molecule has 30 heavy (non-hydrogen) atoms. The topological polar surface area (TPSA) is 49.4 Å². The smallest absolute Gasteiger partial charge is 0.242 e. The maximum absolute atomic E-state index is 13.1. The summed E-state index contributed by atoms with van der Waals surface area (Å²) in [5.41, 5.74) is 4.25. The molecule has 1 N–H and O–H groups in total. The Morgan fingerprint density at radius 1 is 1.00 bits per heavy atom. The zero-order chi connectivity index (χ0) is 22.3. The maximum Gasteiger partial charge on any atom is 0.242 e. The molecule has 0 unspecified atom stereocenters. The van der Waals surface area contributed by atoms with Gasteiger partial charge in [-0.25, -0.2) is 0 Å². The summed E-state index contributed by atoms with van der Waals surface area (Å²) in [5.74, 6) is 0.958. The van der Waals surface area contributed by atoms with Crippen LogP contribution in [0.25, 0.3) is 0 Å². The fraction of sp³-hybridized carbons (Fsp3) is 0.440. The first-order valence-corrected chi connectivity index (χ1v) is 11.5. The fourth-order valence-electron chi connectivity index (χ4n) is 3.20. The quantitative estimate of drug-likeness (QED) is 0.655. The number of benzene rings is 2. The van der Waals surface area contributed by atoms with Crippen molar-refractivity contribution in [2.45, 2.75) is 65.4 Å². The minimum Gasteiger partial charge on any atom is -0.350 e. The van der Waals surface area contributed by atoms with Crippen LogP contribution in [0.15, 0.2) is 48.5 Å². The molecule has 2 aromatic carbocycles. The fourth-order valence-corrected chi connectivity index (χ4v) is 4.06. The second-order valence-corrected chi connectivity index (χ2v) is 9.89. The van der Waals surface area contributed by atoms with Gasteiger partial charge in [0.15, 0.2) is 0 Å². The van der Waals surface area contributed by atoms with Crippen LogP contribution >= 0.6 is 11.8 Å². The van der Waals surface area contributed by atoms with Crippen LogP contribution in [0, 0.1) is 13.8 Å². The van der Waals surface area contributed by atoms with Gasteiger partial charge in [0, 0.05) is 17.8 Å². The van der Waals surface area contributed by atoms with Crippen LogP contribution in [0.3, 0.4) is 0 Å². The summed E-state index contributed by atoms with van der Waals surface area (Å²) in [5, 5.41) is 3.00. The molecule has 4 nitrogen and oxygen atoms in total. The van der Waals surface area contributed by atoms with Crippen molar-refractivity contribution < 1.29 is 9.59 Å². The number of carbonyl (C=O) groups is 2. The molecule has 0 bridgehead atoms. The summed E-state index contributed by atoms with van der Waals surface area (Å²) in [7, 11) is 0. The highest BCUT2D eigenvalue weighted by Gasteiger charge is 2.28. The molecule has 0 saturated carbocycles. The van der Waals surface area contributed by atoms with E-state index in [9.17, 15) is 9.59 Å². The molecule has 0 aromatic heterocycles. The van der Waals surface area contributed by atoms with Crippen LogP contribution in [0.2, 0.25) is 0 Å². The number of hydrogen-bond acceptors (Lipinski definition) is 3. The molecule has 0 aliphatic heterocycles. The summed E-state index contributed by atoms with van der Waals surface area (Å²) < 4.78 is 0. The molecule has 0 heterocycles. The number of thioether (sulfide) groups is 1. The van der Waals surface area contributed by atoms with E-state index in [1.54, 1.807) is 23.6 Å². The largest absolute Gasteiger partial charge is 0.350 e. The lowest BCUT2D eigenvalue weighted by Crippen LogP contribution is -2.52. The van der Waals surface area contributed by atoms with Crippen molar-refractivity contribution in [2.24, 2.45) is 0 Å². The number of nitrogens with one attached hydrogen (secondary N) is 1. The molecule has 5 heteroatoms. The molecule has 162 valence electrons. The van der Waals surface area contributed by atoms with Gasteiger partial charge < -0.3 is 10.2 Å². The summed E-state index contributed by atoms with van der Waals surface area (Å²) in [6, 6.07) is 15.9. The highest BCUT2D eigenvalue weighted by Crippen LogP contribution is 2.17. The predicted octanol–water partition coefficient (Wildman–Crippen LogP) is 4.87. The minimum absolute atomic E-state index is 0.0225. The standard InChI is InChI=1S/C25H34N2O2S/c1-18-9-7-11-21(13-18)15-27(20(3)24(29)26-25(4,5)6)23(28)17-30-16-22-12-8-10-19(2)14-22/h7-14,20H,15-17H2,1-6H3,(H,26,29)/t20-/m1/s1. The summed E-state index contributed by atoms with van der Waals surface area (Å²) in [6.45, 7) is 12.2. The number of aryl methyl sites for hydroxylation is 2. The molecule has 0 saturated heterocycles. The van der Waals surface area contributed by atoms with Gasteiger partial charge in [0.1, 0.15) is 6.04 Å². The van der Waals surface area contributed by atoms with Gasteiger partial charge in [-0.2, -0.15) is 0 Å². The first kappa shape index (κ1) is 24.0. The third kappa shape index (κ3) is 7.86. The van der Waals surface area contributed by atoms with Crippen LogP contribution in [-0.2, 0) is 21.9 Å². The summed E-state index contributed by atoms with van der Waals surface area (Å²) in [6.07, 6.45) is 0. The van der Waals surface area contributed by atoms with E-state index in [0.29, 0.717) is 12.3 Å². The van der Waals surface area contributed by atoms with E-state index in [1.165, 1.54) is 11.1 Å². The molecule has 2 aromatic rings.